The van der Waals surface area contributed by atoms with Crippen molar-refractivity contribution < 1.29 is 13.2 Å². The maximum atomic E-state index is 12.8. The van der Waals surface area contributed by atoms with Crippen LogP contribution in [0.4, 0.5) is 11.4 Å². The molecule has 1 heterocycles. The molecule has 0 bridgehead atoms. The number of nitrogens with one attached hydrogen (secondary N) is 2. The van der Waals surface area contributed by atoms with E-state index in [1.165, 1.54) is 23.3 Å². The second kappa shape index (κ2) is 10.8. The molecule has 1 amide bonds. The number of aryl methyl sites for hydroxylation is 1. The van der Waals surface area contributed by atoms with Gasteiger partial charge in [0.05, 0.1) is 10.6 Å². The molecular formula is C27H30ClN3O3S. The van der Waals surface area contributed by atoms with Crippen LogP contribution in [-0.2, 0) is 21.4 Å². The van der Waals surface area contributed by atoms with Crippen molar-refractivity contribution in [2.45, 2.75) is 38.1 Å². The predicted octanol–water partition coefficient (Wildman–Crippen LogP) is 5.61. The Bertz CT molecular complexity index is 1300. The quantitative estimate of drug-likeness (QED) is 0.432. The molecule has 0 atom stereocenters. The zero-order valence-corrected chi connectivity index (χ0v) is 21.5. The van der Waals surface area contributed by atoms with Gasteiger partial charge in [-0.2, -0.15) is 0 Å². The van der Waals surface area contributed by atoms with Gasteiger partial charge in [-0.3, -0.25) is 14.4 Å². The number of sulfonamides is 1. The normalized spacial score (nSPS) is 15.1. The minimum absolute atomic E-state index is 0.0245. The fraction of sp³-hybridized carbons (Fsp3) is 0.296. The fourth-order valence-electron chi connectivity index (χ4n) is 4.31. The van der Waals surface area contributed by atoms with Crippen molar-refractivity contribution in [1.29, 1.82) is 0 Å². The summed E-state index contributed by atoms with van der Waals surface area (Å²) in [6.45, 7) is 6.50. The average molecular weight is 512 g/mol. The van der Waals surface area contributed by atoms with E-state index < -0.39 is 10.0 Å². The number of benzene rings is 3. The van der Waals surface area contributed by atoms with Crippen molar-refractivity contribution in [1.82, 2.24) is 4.90 Å². The number of hydrogen-bond acceptors (Lipinski definition) is 4. The van der Waals surface area contributed by atoms with Crippen LogP contribution in [0, 0.1) is 19.8 Å². The van der Waals surface area contributed by atoms with Crippen molar-refractivity contribution >= 4 is 38.9 Å². The third-order valence-electron chi connectivity index (χ3n) is 6.39. The lowest BCUT2D eigenvalue weighted by Gasteiger charge is -2.31. The number of carbonyl (C=O) groups is 1. The Morgan fingerprint density at radius 2 is 1.69 bits per heavy atom. The molecule has 0 saturated carbocycles. The van der Waals surface area contributed by atoms with Crippen LogP contribution in [0.15, 0.2) is 71.6 Å². The highest BCUT2D eigenvalue weighted by atomic mass is 35.5. The van der Waals surface area contributed by atoms with Gasteiger partial charge in [0, 0.05) is 23.2 Å². The number of rotatable bonds is 7. The fourth-order valence-corrected chi connectivity index (χ4v) is 5.60. The van der Waals surface area contributed by atoms with Crippen LogP contribution in [-0.4, -0.2) is 32.3 Å². The van der Waals surface area contributed by atoms with Gasteiger partial charge in [-0.1, -0.05) is 47.5 Å². The Labute approximate surface area is 212 Å². The molecule has 3 aromatic carbocycles. The van der Waals surface area contributed by atoms with E-state index in [1.807, 2.05) is 0 Å². The number of piperidine rings is 1. The Morgan fingerprint density at radius 3 is 2.37 bits per heavy atom. The van der Waals surface area contributed by atoms with Crippen LogP contribution in [0.1, 0.15) is 29.5 Å². The summed E-state index contributed by atoms with van der Waals surface area (Å²) >= 11 is 6.09. The van der Waals surface area contributed by atoms with Gasteiger partial charge in [0.1, 0.15) is 0 Å². The Kier molecular flexibility index (Phi) is 7.79. The summed E-state index contributed by atoms with van der Waals surface area (Å²) in [5.41, 5.74) is 4.22. The summed E-state index contributed by atoms with van der Waals surface area (Å²) in [7, 11) is -3.78. The molecule has 8 heteroatoms. The second-order valence-electron chi connectivity index (χ2n) is 9.07. The summed E-state index contributed by atoms with van der Waals surface area (Å²) in [4.78, 5) is 15.3. The molecule has 1 fully saturated rings. The van der Waals surface area contributed by atoms with E-state index in [1.54, 1.807) is 37.3 Å². The van der Waals surface area contributed by atoms with Crippen LogP contribution in [0.25, 0.3) is 0 Å². The molecular weight excluding hydrogens is 482 g/mol. The number of likely N-dealkylation sites (tertiary alicyclic amines) is 1. The average Bonchev–Trinajstić information content (AvgIpc) is 2.83. The first-order valence-electron chi connectivity index (χ1n) is 11.7. The first kappa shape index (κ1) is 25.2. The molecule has 0 unspecified atom stereocenters. The lowest BCUT2D eigenvalue weighted by Crippen LogP contribution is -2.37. The van der Waals surface area contributed by atoms with Crippen molar-refractivity contribution in [3.63, 3.8) is 0 Å². The smallest absolute Gasteiger partial charge is 0.261 e. The van der Waals surface area contributed by atoms with Gasteiger partial charge in [-0.25, -0.2) is 8.42 Å². The third-order valence-corrected chi connectivity index (χ3v) is 8.18. The van der Waals surface area contributed by atoms with E-state index in [0.717, 1.165) is 32.5 Å². The first-order chi connectivity index (χ1) is 16.7. The zero-order chi connectivity index (χ0) is 25.0. The number of amides is 1. The van der Waals surface area contributed by atoms with Crippen molar-refractivity contribution in [2.75, 3.05) is 23.1 Å². The predicted molar refractivity (Wildman–Crippen MR) is 141 cm³/mol. The summed E-state index contributed by atoms with van der Waals surface area (Å²) in [5, 5.41) is 3.43. The zero-order valence-electron chi connectivity index (χ0n) is 19.9. The maximum Gasteiger partial charge on any atom is 0.261 e. The van der Waals surface area contributed by atoms with Gasteiger partial charge in [-0.05, 0) is 87.3 Å². The Balaban J connectivity index is 1.31. The number of hydrogen-bond donors (Lipinski definition) is 2. The van der Waals surface area contributed by atoms with Crippen molar-refractivity contribution in [2.24, 2.45) is 5.92 Å². The molecule has 1 aliphatic rings. The molecule has 0 aromatic heterocycles. The summed E-state index contributed by atoms with van der Waals surface area (Å²) < 4.78 is 28.1. The largest absolute Gasteiger partial charge is 0.326 e. The SMILES string of the molecule is Cc1cccc(CN2CCC(C(=O)Nc3ccc(S(=O)(=O)Nc4cccc(Cl)c4C)cc3)CC2)c1. The third kappa shape index (κ3) is 6.42. The molecule has 0 spiro atoms. The Hall–Kier alpha value is -2.87. The van der Waals surface area contributed by atoms with Gasteiger partial charge in [0.2, 0.25) is 5.91 Å². The highest BCUT2D eigenvalue weighted by Crippen LogP contribution is 2.26. The number of carbonyl (C=O) groups excluding carboxylic acids is 1. The molecule has 2 N–H and O–H groups in total. The van der Waals surface area contributed by atoms with E-state index in [2.05, 4.69) is 46.1 Å². The van der Waals surface area contributed by atoms with Gasteiger partial charge >= 0.3 is 0 Å². The maximum absolute atomic E-state index is 12.8. The standard InChI is InChI=1S/C27H30ClN3O3S/c1-19-5-3-6-21(17-19)18-31-15-13-22(14-16-31)27(32)29-23-9-11-24(12-10-23)35(33,34)30-26-8-4-7-25(28)20(26)2/h3-12,17,22,30H,13-16,18H2,1-2H3,(H,29,32). The monoisotopic (exact) mass is 511 g/mol. The first-order valence-corrected chi connectivity index (χ1v) is 13.5. The number of nitrogens with zero attached hydrogens (tertiary/aromatic N) is 1. The molecule has 0 radical (unpaired) electrons. The minimum Gasteiger partial charge on any atom is -0.326 e. The molecule has 0 aliphatic carbocycles. The van der Waals surface area contributed by atoms with Gasteiger partial charge in [-0.15, -0.1) is 0 Å². The molecule has 4 rings (SSSR count). The van der Waals surface area contributed by atoms with Crippen molar-refractivity contribution in [3.8, 4) is 0 Å². The molecule has 6 nitrogen and oxygen atoms in total. The van der Waals surface area contributed by atoms with Crippen LogP contribution in [0.3, 0.4) is 0 Å². The van der Waals surface area contributed by atoms with Crippen LogP contribution in [0.2, 0.25) is 5.02 Å². The van der Waals surface area contributed by atoms with Gasteiger partial charge in [0.25, 0.3) is 10.0 Å². The van der Waals surface area contributed by atoms with Crippen LogP contribution in [0.5, 0.6) is 0 Å². The molecule has 1 aliphatic heterocycles. The minimum atomic E-state index is -3.78. The van der Waals surface area contributed by atoms with E-state index in [4.69, 9.17) is 11.6 Å². The molecule has 1 saturated heterocycles. The van der Waals surface area contributed by atoms with Crippen LogP contribution >= 0.6 is 11.6 Å². The van der Waals surface area contributed by atoms with E-state index in [-0.39, 0.29) is 16.7 Å². The van der Waals surface area contributed by atoms with Crippen molar-refractivity contribution in [3.05, 3.63) is 88.4 Å². The van der Waals surface area contributed by atoms with Crippen LogP contribution < -0.4 is 10.0 Å². The van der Waals surface area contributed by atoms with E-state index >= 15 is 0 Å². The number of halogens is 1. The lowest BCUT2D eigenvalue weighted by molar-refractivity contribution is -0.121. The molecule has 35 heavy (non-hydrogen) atoms. The molecule has 3 aromatic rings. The van der Waals surface area contributed by atoms with E-state index in [0.29, 0.717) is 22.0 Å². The van der Waals surface area contributed by atoms with E-state index in [9.17, 15) is 13.2 Å². The molecule has 184 valence electrons. The second-order valence-corrected chi connectivity index (χ2v) is 11.2. The highest BCUT2D eigenvalue weighted by molar-refractivity contribution is 7.92. The summed E-state index contributed by atoms with van der Waals surface area (Å²) in [5.74, 6) is -0.0804. The van der Waals surface area contributed by atoms with Gasteiger partial charge in [0.15, 0.2) is 0 Å². The summed E-state index contributed by atoms with van der Waals surface area (Å²) in [6.07, 6.45) is 1.60. The highest BCUT2D eigenvalue weighted by Gasteiger charge is 2.25. The van der Waals surface area contributed by atoms with Gasteiger partial charge < -0.3 is 5.32 Å². The number of anilines is 2. The topological polar surface area (TPSA) is 78.5 Å². The summed E-state index contributed by atoms with van der Waals surface area (Å²) in [6, 6.07) is 19.8. The lowest BCUT2D eigenvalue weighted by atomic mass is 9.95. The Morgan fingerprint density at radius 1 is 1.00 bits per heavy atom.